The van der Waals surface area contributed by atoms with Gasteiger partial charge in [0.1, 0.15) is 30.3 Å². The van der Waals surface area contributed by atoms with Crippen molar-refractivity contribution in [3.05, 3.63) is 36.0 Å². The Hall–Kier alpha value is -3.24. The summed E-state index contributed by atoms with van der Waals surface area (Å²) in [6, 6.07) is 7.28. The summed E-state index contributed by atoms with van der Waals surface area (Å²) in [5, 5.41) is 20.3. The van der Waals surface area contributed by atoms with Gasteiger partial charge in [-0.2, -0.15) is 0 Å². The van der Waals surface area contributed by atoms with Crippen LogP contribution in [0.15, 0.2) is 30.3 Å². The molecule has 3 amide bonds. The number of likely N-dealkylation sites (tertiary alicyclic amines) is 1. The predicted octanol–water partition coefficient (Wildman–Crippen LogP) is 2.72. The number of nitrogens with zero attached hydrogens (tertiary/aromatic N) is 1. The van der Waals surface area contributed by atoms with Crippen molar-refractivity contribution in [1.29, 1.82) is 0 Å². The molecule has 2 aromatic rings. The number of hydrogen-bond acceptors (Lipinski definition) is 6. The first kappa shape index (κ1) is 29.8. The summed E-state index contributed by atoms with van der Waals surface area (Å²) < 4.78 is 0. The molecule has 10 heteroatoms. The van der Waals surface area contributed by atoms with Crippen LogP contribution in [-0.2, 0) is 14.4 Å². The smallest absolute Gasteiger partial charge is 0.268 e. The Bertz CT molecular complexity index is 1330. The number of aldehydes is 1. The lowest BCUT2D eigenvalue weighted by atomic mass is 9.83. The second kappa shape index (κ2) is 12.0. The molecule has 7 atom stereocenters. The number of carbonyl (C=O) groups is 4. The van der Waals surface area contributed by atoms with Crippen molar-refractivity contribution in [3.8, 4) is 0 Å². The minimum Gasteiger partial charge on any atom is -0.378 e. The number of carbonyl (C=O) groups excluding carboxylic acids is 4. The molecular weight excluding hydrogens is 546 g/mol. The second-order valence-corrected chi connectivity index (χ2v) is 13.8. The standard InChI is InChI=1S/C33H45N5O5/c1-33(2)23-17-38(28(26(23)33)31(42)35-22(18-39)15-21-12-8-14-34-29(21)40)32(43)27(19-9-4-3-5-10-19)37-30(41)25-16-20-11-6-7-13-24(20)36-25/h6-7,11,13,16,18-19,21-23,26-29,34,36,40H,3-5,8-10,12,14-15,17H2,1-2H3,(H,35,42)(H,37,41)/t21-,22-,23-,26-,27-,28-,29?/m0/s1. The number of H-pyrrole nitrogens is 1. The molecular formula is C33H45N5O5. The molecule has 0 radical (unpaired) electrons. The van der Waals surface area contributed by atoms with Crippen LogP contribution in [0.3, 0.4) is 0 Å². The van der Waals surface area contributed by atoms with Crippen LogP contribution in [0.1, 0.15) is 75.7 Å². The number of aliphatic hydroxyl groups is 1. The molecule has 1 aromatic carbocycles. The molecule has 2 aliphatic carbocycles. The van der Waals surface area contributed by atoms with Crippen molar-refractivity contribution in [2.45, 2.75) is 89.6 Å². The summed E-state index contributed by atoms with van der Waals surface area (Å²) in [6.07, 6.45) is 6.85. The van der Waals surface area contributed by atoms with Gasteiger partial charge in [0.25, 0.3) is 5.91 Å². The summed E-state index contributed by atoms with van der Waals surface area (Å²) >= 11 is 0. The Labute approximate surface area is 252 Å². The van der Waals surface area contributed by atoms with E-state index >= 15 is 0 Å². The number of hydrogen-bond donors (Lipinski definition) is 5. The third-order valence-electron chi connectivity index (χ3n) is 10.8. The second-order valence-electron chi connectivity index (χ2n) is 13.8. The average molecular weight is 592 g/mol. The number of rotatable bonds is 9. The Balaban J connectivity index is 1.21. The molecule has 3 heterocycles. The van der Waals surface area contributed by atoms with Crippen LogP contribution >= 0.6 is 0 Å². The third-order valence-corrected chi connectivity index (χ3v) is 10.8. The van der Waals surface area contributed by atoms with Crippen LogP contribution < -0.4 is 16.0 Å². The number of nitrogens with one attached hydrogen (secondary N) is 4. The van der Waals surface area contributed by atoms with Gasteiger partial charge >= 0.3 is 0 Å². The van der Waals surface area contributed by atoms with Gasteiger partial charge in [0.15, 0.2) is 0 Å². The van der Waals surface area contributed by atoms with E-state index in [-0.39, 0.29) is 46.8 Å². The summed E-state index contributed by atoms with van der Waals surface area (Å²) in [5.74, 6) is -0.839. The minimum atomic E-state index is -0.749. The monoisotopic (exact) mass is 591 g/mol. The molecule has 4 fully saturated rings. The van der Waals surface area contributed by atoms with Crippen LogP contribution in [0.5, 0.6) is 0 Å². The van der Waals surface area contributed by atoms with Gasteiger partial charge in [0, 0.05) is 23.4 Å². The van der Waals surface area contributed by atoms with Crippen LogP contribution in [0.25, 0.3) is 10.9 Å². The minimum absolute atomic E-state index is 0.00811. The van der Waals surface area contributed by atoms with E-state index in [0.717, 1.165) is 68.7 Å². The summed E-state index contributed by atoms with van der Waals surface area (Å²) in [4.78, 5) is 58.7. The molecule has 5 N–H and O–H groups in total. The van der Waals surface area contributed by atoms with E-state index in [0.29, 0.717) is 18.7 Å². The van der Waals surface area contributed by atoms with Crippen LogP contribution in [-0.4, -0.2) is 76.4 Å². The topological polar surface area (TPSA) is 144 Å². The van der Waals surface area contributed by atoms with Crippen molar-refractivity contribution in [3.63, 3.8) is 0 Å². The molecule has 2 saturated heterocycles. The van der Waals surface area contributed by atoms with Crippen LogP contribution in [0.4, 0.5) is 0 Å². The first-order chi connectivity index (χ1) is 20.7. The third kappa shape index (κ3) is 5.83. The average Bonchev–Trinajstić information content (AvgIpc) is 3.39. The number of para-hydroxylation sites is 1. The van der Waals surface area contributed by atoms with Crippen molar-refractivity contribution < 1.29 is 24.3 Å². The fraction of sp³-hybridized carbons (Fsp3) is 0.636. The number of benzene rings is 1. The van der Waals surface area contributed by atoms with E-state index in [1.165, 1.54) is 0 Å². The number of fused-ring (bicyclic) bond motifs is 2. The molecule has 2 aliphatic heterocycles. The Morgan fingerprint density at radius 3 is 2.58 bits per heavy atom. The molecule has 43 heavy (non-hydrogen) atoms. The highest BCUT2D eigenvalue weighted by molar-refractivity contribution is 6.01. The van der Waals surface area contributed by atoms with Crippen molar-refractivity contribution in [2.24, 2.45) is 29.1 Å². The number of aromatic nitrogens is 1. The zero-order chi connectivity index (χ0) is 30.3. The molecule has 4 aliphatic rings. The highest BCUT2D eigenvalue weighted by Crippen LogP contribution is 2.65. The lowest BCUT2D eigenvalue weighted by Gasteiger charge is -2.37. The number of piperidine rings is 2. The number of amides is 3. The summed E-state index contributed by atoms with van der Waals surface area (Å²) in [5.41, 5.74) is 1.17. The van der Waals surface area contributed by atoms with E-state index in [1.807, 2.05) is 24.3 Å². The molecule has 1 aromatic heterocycles. The van der Waals surface area contributed by atoms with Gasteiger partial charge < -0.3 is 30.4 Å². The van der Waals surface area contributed by atoms with Crippen LogP contribution in [0.2, 0.25) is 0 Å². The maximum atomic E-state index is 14.4. The van der Waals surface area contributed by atoms with Crippen molar-refractivity contribution in [1.82, 2.24) is 25.8 Å². The van der Waals surface area contributed by atoms with Crippen LogP contribution in [0, 0.1) is 29.1 Å². The predicted molar refractivity (Wildman–Crippen MR) is 162 cm³/mol. The van der Waals surface area contributed by atoms with Gasteiger partial charge in [-0.05, 0) is 74.0 Å². The highest BCUT2D eigenvalue weighted by Gasteiger charge is 2.69. The zero-order valence-corrected chi connectivity index (χ0v) is 25.2. The molecule has 232 valence electrons. The van der Waals surface area contributed by atoms with Gasteiger partial charge in [-0.25, -0.2) is 0 Å². The fourth-order valence-corrected chi connectivity index (χ4v) is 8.18. The lowest BCUT2D eigenvalue weighted by molar-refractivity contribution is -0.143. The van der Waals surface area contributed by atoms with E-state index < -0.39 is 24.4 Å². The van der Waals surface area contributed by atoms with E-state index in [1.54, 1.807) is 11.0 Å². The van der Waals surface area contributed by atoms with E-state index in [4.69, 9.17) is 0 Å². The number of aromatic amines is 1. The Kier molecular flexibility index (Phi) is 8.35. The van der Waals surface area contributed by atoms with E-state index in [9.17, 15) is 24.3 Å². The van der Waals surface area contributed by atoms with Crippen molar-refractivity contribution in [2.75, 3.05) is 13.1 Å². The Morgan fingerprint density at radius 2 is 1.86 bits per heavy atom. The summed E-state index contributed by atoms with van der Waals surface area (Å²) in [6.45, 7) is 5.44. The first-order valence-electron chi connectivity index (χ1n) is 16.0. The van der Waals surface area contributed by atoms with Gasteiger partial charge in [-0.1, -0.05) is 51.3 Å². The first-order valence-corrected chi connectivity index (χ1v) is 16.0. The maximum Gasteiger partial charge on any atom is 0.268 e. The molecule has 10 nitrogen and oxygen atoms in total. The fourth-order valence-electron chi connectivity index (χ4n) is 8.18. The van der Waals surface area contributed by atoms with Gasteiger partial charge in [-0.3, -0.25) is 19.7 Å². The molecule has 0 spiro atoms. The molecule has 0 bridgehead atoms. The normalized spacial score (nSPS) is 29.8. The summed E-state index contributed by atoms with van der Waals surface area (Å²) in [7, 11) is 0. The largest absolute Gasteiger partial charge is 0.378 e. The maximum absolute atomic E-state index is 14.4. The van der Waals surface area contributed by atoms with Gasteiger partial charge in [0.2, 0.25) is 11.8 Å². The molecule has 1 unspecified atom stereocenters. The lowest BCUT2D eigenvalue weighted by Crippen LogP contribution is -2.59. The van der Waals surface area contributed by atoms with Gasteiger partial charge in [0.05, 0.1) is 6.04 Å². The Morgan fingerprint density at radius 1 is 1.09 bits per heavy atom. The molecule has 6 rings (SSSR count). The molecule has 2 saturated carbocycles. The van der Waals surface area contributed by atoms with Gasteiger partial charge in [-0.15, -0.1) is 0 Å². The zero-order valence-electron chi connectivity index (χ0n) is 25.2. The van der Waals surface area contributed by atoms with E-state index in [2.05, 4.69) is 34.8 Å². The SMILES string of the molecule is CC1(C)[C@@H]2[C@@H](C(=O)N[C@H](C=O)C[C@@H]3CCCNC3O)N(C(=O)[C@@H](NC(=O)c3cc4ccccc4[nH]3)C3CCCCC3)C[C@@H]21. The highest BCUT2D eigenvalue weighted by atomic mass is 16.3. The van der Waals surface area contributed by atoms with Crippen molar-refractivity contribution >= 4 is 34.9 Å². The number of aliphatic hydroxyl groups excluding tert-OH is 1. The quantitative estimate of drug-likeness (QED) is 0.284.